The molecule has 1 atom stereocenters. The van der Waals surface area contributed by atoms with E-state index >= 15 is 0 Å². The summed E-state index contributed by atoms with van der Waals surface area (Å²) in [6.45, 7) is 2.13. The van der Waals surface area contributed by atoms with Crippen molar-refractivity contribution in [2.24, 2.45) is 0 Å². The first-order valence-electron chi connectivity index (χ1n) is 11.4. The van der Waals surface area contributed by atoms with Crippen LogP contribution in [0.15, 0.2) is 51.3 Å². The van der Waals surface area contributed by atoms with Crippen LogP contribution < -0.4 is 4.74 Å². The number of fused-ring (bicyclic) bond motifs is 1. The summed E-state index contributed by atoms with van der Waals surface area (Å²) >= 11 is 12.2. The average Bonchev–Trinajstić information content (AvgIpc) is 3.52. The molecule has 8 nitrogen and oxygen atoms in total. The summed E-state index contributed by atoms with van der Waals surface area (Å²) in [6.07, 6.45) is 1.35. The van der Waals surface area contributed by atoms with Gasteiger partial charge in [-0.3, -0.25) is 0 Å². The molecule has 192 valence electrons. The van der Waals surface area contributed by atoms with E-state index in [1.807, 2.05) is 36.4 Å². The lowest BCUT2D eigenvalue weighted by Gasteiger charge is -2.33. The number of β-amino-alcohol motifs (C(OH)–C–C–N with tert-alkyl or cyclic N) is 1. The number of likely N-dealkylation sites (tertiary alicyclic amines) is 1. The number of benzene rings is 2. The largest absolute Gasteiger partial charge is 0.490 e. The summed E-state index contributed by atoms with van der Waals surface area (Å²) < 4.78 is 17.1. The summed E-state index contributed by atoms with van der Waals surface area (Å²) in [5.74, 6) is 1.71. The van der Waals surface area contributed by atoms with Crippen molar-refractivity contribution in [3.05, 3.63) is 64.0 Å². The average molecular weight is 555 g/mol. The van der Waals surface area contributed by atoms with Crippen LogP contribution in [0.2, 0.25) is 10.0 Å². The van der Waals surface area contributed by atoms with E-state index in [4.69, 9.17) is 41.9 Å². The molecule has 0 radical (unpaired) electrons. The van der Waals surface area contributed by atoms with Crippen molar-refractivity contribution in [3.63, 3.8) is 0 Å². The maximum atomic E-state index is 10.6. The van der Waals surface area contributed by atoms with Crippen LogP contribution in [0.25, 0.3) is 22.6 Å². The van der Waals surface area contributed by atoms with E-state index < -0.39 is 6.10 Å². The minimum atomic E-state index is -0.638. The molecule has 1 aliphatic rings. The number of ether oxygens (including phenoxy) is 1. The summed E-state index contributed by atoms with van der Waals surface area (Å²) in [7, 11) is 0. The molecule has 0 bridgehead atoms. The molecule has 0 amide bonds. The van der Waals surface area contributed by atoms with Crippen molar-refractivity contribution in [1.29, 1.82) is 0 Å². The molecule has 1 saturated heterocycles. The lowest BCUT2D eigenvalue weighted by molar-refractivity contribution is 0.0599. The van der Waals surface area contributed by atoms with Crippen molar-refractivity contribution in [3.8, 4) is 17.4 Å². The maximum Gasteiger partial charge on any atom is 0.283 e. The van der Waals surface area contributed by atoms with Gasteiger partial charge in [0, 0.05) is 12.6 Å². The number of hydrogen-bond acceptors (Lipinski definition) is 8. The van der Waals surface area contributed by atoms with Gasteiger partial charge in [0.05, 0.1) is 15.4 Å². The molecule has 0 saturated carbocycles. The van der Waals surface area contributed by atoms with Crippen LogP contribution in [0.3, 0.4) is 0 Å². The molecule has 5 rings (SSSR count). The second-order valence-corrected chi connectivity index (χ2v) is 9.47. The Labute approximate surface area is 224 Å². The Morgan fingerprint density at radius 2 is 1.86 bits per heavy atom. The number of halogens is 3. The summed E-state index contributed by atoms with van der Waals surface area (Å²) in [6, 6.07) is 13.1. The standard InChI is InChI=1S/C25H25Cl2N3O5.ClH/c26-19-5-4-16(10-20(19)27)15-6-8-30(9-7-15)12-17(32)14-33-21-2-1-3-22-18(21)11-23(34-22)25-29-28-24(13-31)35-25;/h1-5,10-11,15,17,31-32H,6-9,12-14H2;1H. The highest BCUT2D eigenvalue weighted by Crippen LogP contribution is 2.34. The molecule has 0 aliphatic carbocycles. The van der Waals surface area contributed by atoms with E-state index in [2.05, 4.69) is 15.1 Å². The highest BCUT2D eigenvalue weighted by Gasteiger charge is 2.23. The molecule has 2 aromatic carbocycles. The molecule has 2 aromatic heterocycles. The van der Waals surface area contributed by atoms with Gasteiger partial charge in [-0.15, -0.1) is 22.6 Å². The number of aromatic nitrogens is 2. The minimum Gasteiger partial charge on any atom is -0.490 e. The number of furan rings is 1. The van der Waals surface area contributed by atoms with E-state index in [1.54, 1.807) is 6.07 Å². The van der Waals surface area contributed by atoms with Crippen LogP contribution in [0.5, 0.6) is 5.75 Å². The van der Waals surface area contributed by atoms with Gasteiger partial charge in [0.2, 0.25) is 5.89 Å². The molecular formula is C25H26Cl3N3O5. The number of rotatable bonds is 8. The zero-order valence-corrected chi connectivity index (χ0v) is 21.6. The van der Waals surface area contributed by atoms with E-state index in [-0.39, 0.29) is 37.4 Å². The van der Waals surface area contributed by atoms with Crippen molar-refractivity contribution in [1.82, 2.24) is 15.1 Å². The minimum absolute atomic E-state index is 0. The Hall–Kier alpha value is -2.33. The van der Waals surface area contributed by atoms with Crippen LogP contribution in [0, 0.1) is 0 Å². The van der Waals surface area contributed by atoms with Crippen LogP contribution in [0.1, 0.15) is 30.2 Å². The Morgan fingerprint density at radius 3 is 2.58 bits per heavy atom. The normalized spacial score (nSPS) is 15.7. The number of piperidine rings is 1. The molecule has 1 unspecified atom stereocenters. The zero-order chi connectivity index (χ0) is 24.4. The van der Waals surface area contributed by atoms with Crippen LogP contribution in [-0.2, 0) is 6.61 Å². The van der Waals surface area contributed by atoms with Crippen molar-refractivity contribution >= 4 is 46.6 Å². The predicted octanol–water partition coefficient (Wildman–Crippen LogP) is 5.32. The molecule has 36 heavy (non-hydrogen) atoms. The first-order chi connectivity index (χ1) is 17.0. The highest BCUT2D eigenvalue weighted by atomic mass is 35.5. The lowest BCUT2D eigenvalue weighted by atomic mass is 9.89. The third-order valence-electron chi connectivity index (χ3n) is 6.24. The fourth-order valence-electron chi connectivity index (χ4n) is 4.43. The third kappa shape index (κ3) is 5.96. The van der Waals surface area contributed by atoms with Crippen molar-refractivity contribution in [2.45, 2.75) is 31.5 Å². The number of aliphatic hydroxyl groups is 2. The fourth-order valence-corrected chi connectivity index (χ4v) is 4.74. The number of aliphatic hydroxyl groups excluding tert-OH is 2. The Bertz CT molecular complexity index is 1300. The third-order valence-corrected chi connectivity index (χ3v) is 6.98. The van der Waals surface area contributed by atoms with E-state index in [0.717, 1.165) is 31.3 Å². The van der Waals surface area contributed by atoms with Crippen LogP contribution in [0.4, 0.5) is 0 Å². The number of nitrogens with zero attached hydrogens (tertiary/aromatic N) is 3. The number of hydrogen-bond donors (Lipinski definition) is 2. The van der Waals surface area contributed by atoms with Gasteiger partial charge in [-0.1, -0.05) is 35.3 Å². The molecule has 4 aromatic rings. The van der Waals surface area contributed by atoms with Gasteiger partial charge >= 0.3 is 0 Å². The second kappa shape index (κ2) is 11.8. The van der Waals surface area contributed by atoms with E-state index in [0.29, 0.717) is 39.6 Å². The smallest absolute Gasteiger partial charge is 0.283 e. The van der Waals surface area contributed by atoms with Crippen molar-refractivity contribution in [2.75, 3.05) is 26.2 Å². The van der Waals surface area contributed by atoms with Gasteiger partial charge < -0.3 is 28.7 Å². The first-order valence-corrected chi connectivity index (χ1v) is 12.2. The van der Waals surface area contributed by atoms with Gasteiger partial charge in [0.1, 0.15) is 30.7 Å². The molecule has 0 spiro atoms. The van der Waals surface area contributed by atoms with Gasteiger partial charge in [0.25, 0.3) is 5.89 Å². The fraction of sp³-hybridized carbons (Fsp3) is 0.360. The van der Waals surface area contributed by atoms with Crippen LogP contribution >= 0.6 is 35.6 Å². The second-order valence-electron chi connectivity index (χ2n) is 8.65. The topological polar surface area (TPSA) is 105 Å². The molecule has 1 fully saturated rings. The Kier molecular flexibility index (Phi) is 8.77. The molecule has 2 N–H and O–H groups in total. The molecule has 11 heteroatoms. The SMILES string of the molecule is Cl.OCc1nnc(-c2cc3c(OCC(O)CN4CCC(c5ccc(Cl)c(Cl)c5)CC4)cccc3o2)o1. The predicted molar refractivity (Wildman–Crippen MR) is 139 cm³/mol. The molecular weight excluding hydrogens is 529 g/mol. The summed E-state index contributed by atoms with van der Waals surface area (Å²) in [5, 5.41) is 29.3. The quantitative estimate of drug-likeness (QED) is 0.301. The first kappa shape index (κ1) is 26.7. The molecule has 1 aliphatic heterocycles. The monoisotopic (exact) mass is 553 g/mol. The van der Waals surface area contributed by atoms with Gasteiger partial charge in [-0.2, -0.15) is 0 Å². The van der Waals surface area contributed by atoms with Gasteiger partial charge in [-0.05, 0) is 61.7 Å². The Morgan fingerprint density at radius 1 is 1.06 bits per heavy atom. The summed E-state index contributed by atoms with van der Waals surface area (Å²) in [5.41, 5.74) is 1.81. The highest BCUT2D eigenvalue weighted by molar-refractivity contribution is 6.42. The maximum absolute atomic E-state index is 10.6. The lowest BCUT2D eigenvalue weighted by Crippen LogP contribution is -2.40. The summed E-state index contributed by atoms with van der Waals surface area (Å²) in [4.78, 5) is 2.26. The zero-order valence-electron chi connectivity index (χ0n) is 19.3. The molecule has 3 heterocycles. The van der Waals surface area contributed by atoms with E-state index in [1.165, 1.54) is 5.56 Å². The van der Waals surface area contributed by atoms with Crippen LogP contribution in [-0.4, -0.2) is 57.7 Å². The Balaban J connectivity index is 0.00000304. The van der Waals surface area contributed by atoms with Crippen molar-refractivity contribution < 1.29 is 23.8 Å². The van der Waals surface area contributed by atoms with E-state index in [9.17, 15) is 5.11 Å². The van der Waals surface area contributed by atoms with Gasteiger partial charge in [-0.25, -0.2) is 0 Å². The van der Waals surface area contributed by atoms with Gasteiger partial charge in [0.15, 0.2) is 5.76 Å².